The Kier molecular flexibility index (Phi) is 13.1. The van der Waals surface area contributed by atoms with E-state index in [4.69, 9.17) is 22.9 Å². The molecule has 44 heavy (non-hydrogen) atoms. The van der Waals surface area contributed by atoms with Crippen LogP contribution in [0.4, 0.5) is 0 Å². The minimum Gasteiger partial charge on any atom is -0.508 e. The maximum absolute atomic E-state index is 13.8. The lowest BCUT2D eigenvalue weighted by atomic mass is 9.95. The fourth-order valence-corrected chi connectivity index (χ4v) is 5.13. The van der Waals surface area contributed by atoms with Crippen LogP contribution < -0.4 is 38.9 Å². The van der Waals surface area contributed by atoms with E-state index in [9.17, 15) is 24.3 Å². The van der Waals surface area contributed by atoms with E-state index in [1.165, 1.54) is 11.9 Å². The van der Waals surface area contributed by atoms with Gasteiger partial charge >= 0.3 is 0 Å². The molecule has 2 aromatic rings. The van der Waals surface area contributed by atoms with Crippen molar-refractivity contribution in [3.05, 3.63) is 53.6 Å². The highest BCUT2D eigenvalue weighted by atomic mass is 16.3. The van der Waals surface area contributed by atoms with Gasteiger partial charge in [-0.05, 0) is 66.6 Å². The molecule has 1 heterocycles. The first-order valence-corrected chi connectivity index (χ1v) is 15.0. The zero-order chi connectivity index (χ0) is 32.2. The molecule has 4 atom stereocenters. The highest BCUT2D eigenvalue weighted by Crippen LogP contribution is 2.28. The van der Waals surface area contributed by atoms with Gasteiger partial charge in [-0.15, -0.1) is 0 Å². The molecule has 0 spiro atoms. The van der Waals surface area contributed by atoms with Crippen molar-refractivity contribution in [2.75, 3.05) is 33.2 Å². The third-order valence-corrected chi connectivity index (χ3v) is 7.75. The number of phenolic OH excluding ortho intramolecular Hbond substituents is 1. The van der Waals surface area contributed by atoms with Gasteiger partial charge in [0.1, 0.15) is 17.8 Å². The molecule has 0 aromatic heterocycles. The molecule has 0 radical (unpaired) electrons. The minimum absolute atomic E-state index is 0.0156. The molecule has 4 bridgehead atoms. The predicted molar refractivity (Wildman–Crippen MR) is 168 cm³/mol. The third-order valence-electron chi connectivity index (χ3n) is 7.75. The normalized spacial score (nSPS) is 19.8. The number of hydrogen-bond acceptors (Lipinski definition) is 9. The van der Waals surface area contributed by atoms with Gasteiger partial charge in [-0.25, -0.2) is 0 Å². The molecule has 0 unspecified atom stereocenters. The van der Waals surface area contributed by atoms with E-state index in [-0.39, 0.29) is 43.4 Å². The molecule has 12 N–H and O–H groups in total. The van der Waals surface area contributed by atoms with Crippen molar-refractivity contribution < 1.29 is 24.3 Å². The molecule has 0 fully saturated rings. The second-order valence-corrected chi connectivity index (χ2v) is 11.1. The molecule has 1 aliphatic heterocycles. The average molecular weight is 611 g/mol. The number of phenols is 1. The van der Waals surface area contributed by atoms with Gasteiger partial charge in [-0.1, -0.05) is 30.3 Å². The number of aromatic hydroxyl groups is 1. The molecular formula is C31H46N8O5. The van der Waals surface area contributed by atoms with E-state index in [0.717, 1.165) is 16.7 Å². The summed E-state index contributed by atoms with van der Waals surface area (Å²) in [6.45, 7) is 1.19. The van der Waals surface area contributed by atoms with Gasteiger partial charge in [0, 0.05) is 39.5 Å². The van der Waals surface area contributed by atoms with Crippen LogP contribution in [-0.4, -0.2) is 91.0 Å². The first-order chi connectivity index (χ1) is 21.0. The summed E-state index contributed by atoms with van der Waals surface area (Å²) < 4.78 is 0. The van der Waals surface area contributed by atoms with E-state index >= 15 is 0 Å². The summed E-state index contributed by atoms with van der Waals surface area (Å²) in [5.74, 6) is -1.68. The van der Waals surface area contributed by atoms with Gasteiger partial charge in [0.05, 0.1) is 12.1 Å². The van der Waals surface area contributed by atoms with Crippen LogP contribution in [0.25, 0.3) is 11.1 Å². The maximum atomic E-state index is 13.8. The van der Waals surface area contributed by atoms with Gasteiger partial charge in [-0.3, -0.25) is 19.2 Å². The molecule has 240 valence electrons. The zero-order valence-electron chi connectivity index (χ0n) is 25.3. The number of hydrogen-bond donors (Lipinski definition) is 8. The largest absolute Gasteiger partial charge is 0.508 e. The lowest BCUT2D eigenvalue weighted by Crippen LogP contribution is -2.57. The Bertz CT molecular complexity index is 1310. The summed E-state index contributed by atoms with van der Waals surface area (Å²) in [5, 5.41) is 18.8. The average Bonchev–Trinajstić information content (AvgIpc) is 3.02. The summed E-state index contributed by atoms with van der Waals surface area (Å²) in [6, 6.07) is 9.06. The Hall–Kier alpha value is -4.04. The van der Waals surface area contributed by atoms with Crippen LogP contribution in [0.1, 0.15) is 36.8 Å². The highest BCUT2D eigenvalue weighted by Gasteiger charge is 2.33. The van der Waals surface area contributed by atoms with Gasteiger partial charge < -0.3 is 48.9 Å². The van der Waals surface area contributed by atoms with Crippen molar-refractivity contribution in [2.24, 2.45) is 22.9 Å². The fraction of sp³-hybridized carbons (Fsp3) is 0.484. The molecule has 2 aromatic carbocycles. The molecule has 0 saturated carbocycles. The maximum Gasteiger partial charge on any atom is 0.245 e. The second-order valence-electron chi connectivity index (χ2n) is 11.1. The zero-order valence-corrected chi connectivity index (χ0v) is 25.3. The van der Waals surface area contributed by atoms with Gasteiger partial charge in [0.15, 0.2) is 0 Å². The van der Waals surface area contributed by atoms with Crippen LogP contribution >= 0.6 is 0 Å². The Morgan fingerprint density at radius 1 is 1.02 bits per heavy atom. The smallest absolute Gasteiger partial charge is 0.245 e. The summed E-state index contributed by atoms with van der Waals surface area (Å²) in [7, 11) is 1.54. The highest BCUT2D eigenvalue weighted by molar-refractivity contribution is 5.93. The number of likely N-dealkylation sites (N-methyl/N-ethyl adjacent to an activating group) is 1. The number of nitrogens with zero attached hydrogens (tertiary/aromatic N) is 1. The molecule has 3 rings (SSSR count). The van der Waals surface area contributed by atoms with Crippen LogP contribution in [0.3, 0.4) is 0 Å². The lowest BCUT2D eigenvalue weighted by molar-refractivity contribution is -0.142. The van der Waals surface area contributed by atoms with Crippen molar-refractivity contribution in [2.45, 2.75) is 62.7 Å². The van der Waals surface area contributed by atoms with Crippen molar-refractivity contribution in [1.29, 1.82) is 0 Å². The second kappa shape index (κ2) is 16.7. The van der Waals surface area contributed by atoms with E-state index in [1.54, 1.807) is 18.2 Å². The minimum atomic E-state index is -1.03. The van der Waals surface area contributed by atoms with Gasteiger partial charge in [0.25, 0.3) is 0 Å². The number of carbonyl (C=O) groups is 4. The SMILES string of the molecule is CN1C(=O)[C@H](CCCN)NC(=O)[C@@H](N)Cc2cc(ccc2O)-c2cccc(c2)C[C@H]1C(=O)NCCC[C@H](N)C(=O)NCCN. The van der Waals surface area contributed by atoms with E-state index in [0.29, 0.717) is 44.5 Å². The third kappa shape index (κ3) is 9.48. The van der Waals surface area contributed by atoms with Gasteiger partial charge in [0.2, 0.25) is 23.6 Å². The topological polar surface area (TPSA) is 232 Å². The quantitative estimate of drug-likeness (QED) is 0.143. The predicted octanol–water partition coefficient (Wildman–Crippen LogP) is -1.17. The Morgan fingerprint density at radius 2 is 1.77 bits per heavy atom. The summed E-state index contributed by atoms with van der Waals surface area (Å²) in [4.78, 5) is 53.9. The number of nitrogens with two attached hydrogens (primary N) is 4. The van der Waals surface area contributed by atoms with Crippen molar-refractivity contribution in [3.63, 3.8) is 0 Å². The fourth-order valence-electron chi connectivity index (χ4n) is 5.13. The lowest BCUT2D eigenvalue weighted by Gasteiger charge is -2.31. The molecule has 0 saturated heterocycles. The number of carbonyl (C=O) groups excluding carboxylic acids is 4. The van der Waals surface area contributed by atoms with E-state index in [1.807, 2.05) is 24.3 Å². The molecule has 0 aliphatic carbocycles. The molecule has 4 amide bonds. The van der Waals surface area contributed by atoms with Crippen LogP contribution in [0.15, 0.2) is 42.5 Å². The summed E-state index contributed by atoms with van der Waals surface area (Å²) in [5.41, 5.74) is 26.3. The number of amides is 4. The molecule has 13 nitrogen and oxygen atoms in total. The van der Waals surface area contributed by atoms with Crippen LogP contribution in [0.5, 0.6) is 5.75 Å². The number of rotatable bonds is 11. The Balaban J connectivity index is 1.90. The number of fused-ring (bicyclic) bond motifs is 5. The molecule has 1 aliphatic rings. The number of nitrogens with one attached hydrogen (secondary N) is 3. The molecule has 13 heteroatoms. The monoisotopic (exact) mass is 610 g/mol. The van der Waals surface area contributed by atoms with Crippen molar-refractivity contribution in [3.8, 4) is 16.9 Å². The Labute approximate surface area is 258 Å². The Morgan fingerprint density at radius 3 is 2.50 bits per heavy atom. The van der Waals surface area contributed by atoms with E-state index in [2.05, 4.69) is 16.0 Å². The van der Waals surface area contributed by atoms with E-state index < -0.39 is 36.0 Å². The van der Waals surface area contributed by atoms with Crippen LogP contribution in [0.2, 0.25) is 0 Å². The van der Waals surface area contributed by atoms with Crippen LogP contribution in [-0.2, 0) is 32.0 Å². The first-order valence-electron chi connectivity index (χ1n) is 15.0. The van der Waals surface area contributed by atoms with Crippen molar-refractivity contribution in [1.82, 2.24) is 20.9 Å². The summed E-state index contributed by atoms with van der Waals surface area (Å²) >= 11 is 0. The first kappa shape index (κ1) is 34.5. The number of benzene rings is 2. The van der Waals surface area contributed by atoms with Gasteiger partial charge in [-0.2, -0.15) is 0 Å². The molecular weight excluding hydrogens is 564 g/mol. The summed E-state index contributed by atoms with van der Waals surface area (Å²) in [6.07, 6.45) is 1.76. The van der Waals surface area contributed by atoms with Crippen LogP contribution in [0, 0.1) is 0 Å². The van der Waals surface area contributed by atoms with Crippen molar-refractivity contribution >= 4 is 23.6 Å². The standard InChI is InChI=1S/C31H46N8O5/c1-39-26(30(43)36-13-4-7-23(34)28(41)37-14-12-33)16-19-5-2-6-20(15-19)21-9-10-27(40)22(17-21)18-24(35)29(42)38-25(31(39)44)8-3-11-32/h2,5-6,9-10,15,17,23-26,40H,3-4,7-8,11-14,16,18,32-35H2,1H3,(H,36,43)(H,37,41)(H,38,42)/t23-,24-,25-,26-/m0/s1.